The second-order valence-electron chi connectivity index (χ2n) is 3.28. The number of hydrogen-bond donors (Lipinski definition) is 0. The molecule has 1 rings (SSSR count). The Bertz CT molecular complexity index is 803. The van der Waals surface area contributed by atoms with Gasteiger partial charge in [0.1, 0.15) is 0 Å². The molecule has 0 bridgehead atoms. The summed E-state index contributed by atoms with van der Waals surface area (Å²) in [7, 11) is 22.9. The molecule has 0 aromatic rings. The summed E-state index contributed by atoms with van der Waals surface area (Å²) in [5, 5.41) is 0. The molecule has 24 heteroatoms. The molecule has 0 atom stereocenters. The molecule has 0 saturated heterocycles. The van der Waals surface area contributed by atoms with Gasteiger partial charge in [-0.2, -0.15) is 0 Å². The molecule has 0 saturated carbocycles. The fourth-order valence-electron chi connectivity index (χ4n) is 0.981. The van der Waals surface area contributed by atoms with Crippen LogP contribution in [0, 0.1) is 0 Å². The van der Waals surface area contributed by atoms with Crippen LogP contribution in [0.1, 0.15) is 0 Å². The molecule has 144 valence electrons. The van der Waals surface area contributed by atoms with Crippen LogP contribution >= 0.6 is 152 Å². The summed E-state index contributed by atoms with van der Waals surface area (Å²) in [6.07, 6.45) is 0. The Morgan fingerprint density at radius 2 is 0.792 bits per heavy atom. The molecule has 0 radical (unpaired) electrons. The third-order valence-electron chi connectivity index (χ3n) is 1.33. The molecule has 0 spiro atoms. The summed E-state index contributed by atoms with van der Waals surface area (Å²) in [6, 6.07) is 0. The zero-order valence-corrected chi connectivity index (χ0v) is 25.3. The topological polar surface area (TPSA) is 74.2 Å². The first-order chi connectivity index (χ1) is 10.2. The average molecular weight is 735 g/mol. The van der Waals surface area contributed by atoms with Crippen molar-refractivity contribution in [2.24, 2.45) is 25.2 Å². The quantitative estimate of drug-likeness (QED) is 0.253. The first kappa shape index (κ1) is 27.2. The average Bonchev–Trinajstić information content (AvgIpc) is 1.98. The van der Waals surface area contributed by atoms with Crippen molar-refractivity contribution in [1.82, 2.24) is 0 Å². The molecule has 0 unspecified atom stereocenters. The predicted molar refractivity (Wildman–Crippen MR) is 112 cm³/mol. The third kappa shape index (κ3) is 11.0. The fraction of sp³-hybridized carbons (Fsp3) is 0. The summed E-state index contributed by atoms with van der Waals surface area (Å²) in [5.74, 6) is -10.7. The van der Waals surface area contributed by atoms with E-state index in [0.29, 0.717) is 0 Å². The Morgan fingerprint density at radius 3 is 1.12 bits per heavy atom. The first-order valence-corrected chi connectivity index (χ1v) is 29.3. The van der Waals surface area contributed by atoms with Gasteiger partial charge in [-0.25, -0.2) is 0 Å². The maximum atomic E-state index is 6.06. The van der Waals surface area contributed by atoms with Crippen molar-refractivity contribution < 1.29 is 21.9 Å². The van der Waals surface area contributed by atoms with Gasteiger partial charge < -0.3 is 0 Å². The monoisotopic (exact) mass is 729 g/mol. The molecule has 0 fully saturated rings. The van der Waals surface area contributed by atoms with Crippen molar-refractivity contribution in [2.45, 2.75) is 0 Å². The fourth-order valence-corrected chi connectivity index (χ4v) is 33.3. The zero-order valence-electron chi connectivity index (χ0n) is 9.90. The minimum atomic E-state index is -4.15. The van der Waals surface area contributed by atoms with E-state index >= 15 is 0 Å². The Labute approximate surface area is 195 Å². The minimum absolute atomic E-state index is 3.47. The van der Waals surface area contributed by atoms with E-state index in [1.807, 2.05) is 0 Å². The summed E-state index contributed by atoms with van der Waals surface area (Å²) in [5.41, 5.74) is 0. The van der Waals surface area contributed by atoms with Gasteiger partial charge in [0.2, 0.25) is 0 Å². The Morgan fingerprint density at radius 1 is 0.500 bits per heavy atom. The van der Waals surface area contributed by atoms with Crippen LogP contribution in [0.25, 0.3) is 0 Å². The third-order valence-corrected chi connectivity index (χ3v) is 25.8. The van der Waals surface area contributed by atoms with Gasteiger partial charge in [0.15, 0.2) is 0 Å². The maximum absolute atomic E-state index is 6.06. The molecule has 0 aromatic heterocycles. The summed E-state index contributed by atoms with van der Waals surface area (Å²) in [6.45, 7) is 0. The second-order valence-corrected chi connectivity index (χ2v) is 41.0. The normalized spacial score (nSPS) is 24.8. The van der Waals surface area contributed by atoms with Crippen molar-refractivity contribution >= 4 is 152 Å². The zero-order chi connectivity index (χ0) is 19.2. The summed E-state index contributed by atoms with van der Waals surface area (Å²) < 4.78 is 23.4. The molecule has 24 heavy (non-hydrogen) atoms. The van der Waals surface area contributed by atoms with Gasteiger partial charge in [-0.1, -0.05) is 0 Å². The molecular formula is Cl12N6P4V2. The van der Waals surface area contributed by atoms with Gasteiger partial charge in [-0.05, 0) is 0 Å². The molecule has 0 amide bonds. The molecule has 1 aliphatic heterocycles. The van der Waals surface area contributed by atoms with E-state index in [4.69, 9.17) is 127 Å². The first-order valence-electron chi connectivity index (χ1n) is 4.43. The Balaban J connectivity index is 4.17. The van der Waals surface area contributed by atoms with E-state index in [2.05, 4.69) is 25.2 Å². The Kier molecular flexibility index (Phi) is 10.6. The van der Waals surface area contributed by atoms with Crippen LogP contribution in [0.4, 0.5) is 0 Å². The van der Waals surface area contributed by atoms with Crippen LogP contribution in [0.15, 0.2) is 25.2 Å². The van der Waals surface area contributed by atoms with E-state index < -0.39 is 47.2 Å². The van der Waals surface area contributed by atoms with Crippen LogP contribution in [0.3, 0.4) is 0 Å². The van der Waals surface area contributed by atoms with E-state index in [1.54, 1.807) is 0 Å². The molecule has 0 N–H and O–H groups in total. The van der Waals surface area contributed by atoms with Crippen LogP contribution in [-0.2, 0) is 21.9 Å². The number of halogens is 12. The molecule has 1 heterocycles. The van der Waals surface area contributed by atoms with Gasteiger partial charge in [0.05, 0.1) is 0 Å². The molecular weight excluding hydrogens is 735 g/mol. The van der Waals surface area contributed by atoms with Gasteiger partial charge >= 0.3 is 199 Å². The van der Waals surface area contributed by atoms with Crippen LogP contribution < -0.4 is 0 Å². The van der Waals surface area contributed by atoms with Gasteiger partial charge in [0.25, 0.3) is 0 Å². The van der Waals surface area contributed by atoms with Crippen LogP contribution in [0.5, 0.6) is 0 Å². The van der Waals surface area contributed by atoms with E-state index in [1.165, 1.54) is 0 Å². The molecule has 0 aromatic carbocycles. The standard InChI is InChI=1S/Cl6N6P4.6ClH.2V/c1-13(2)9-14(3,4)11-16(7,8)12-15(5,6)10-13;;;;;;;;/h;6*1H;;/q;;;;;;;2*+3/p-6. The SMILES string of the molecule is ClP1(Cl)=NP(Cl)(Cl)=NP([N]=[V]([Cl])([Cl])[Cl])([N]=[V]([Cl])([Cl])[Cl])=NP(Cl)(Cl)=N1. The molecule has 0 aliphatic carbocycles. The van der Waals surface area contributed by atoms with Gasteiger partial charge in [0, 0.05) is 0 Å². The predicted octanol–water partition coefficient (Wildman–Crippen LogP) is 12.8. The van der Waals surface area contributed by atoms with Crippen molar-refractivity contribution in [3.8, 4) is 0 Å². The molecule has 1 aliphatic rings. The summed E-state index contributed by atoms with van der Waals surface area (Å²) >= 11 is 36.1. The van der Waals surface area contributed by atoms with Crippen LogP contribution in [-0.4, -0.2) is 0 Å². The van der Waals surface area contributed by atoms with Gasteiger partial charge in [-0.3, -0.25) is 0 Å². The Hall–Kier alpha value is 5.17. The number of nitrogens with zero attached hydrogens (tertiary/aromatic N) is 6. The van der Waals surface area contributed by atoms with Crippen molar-refractivity contribution in [3.63, 3.8) is 0 Å². The van der Waals surface area contributed by atoms with Crippen molar-refractivity contribution in [3.05, 3.63) is 0 Å². The number of rotatable bonds is 2. The van der Waals surface area contributed by atoms with E-state index in [0.717, 1.165) is 0 Å². The van der Waals surface area contributed by atoms with E-state index in [9.17, 15) is 0 Å². The number of hydrogen-bond acceptors (Lipinski definition) is 6. The van der Waals surface area contributed by atoms with E-state index in [-0.39, 0.29) is 0 Å². The van der Waals surface area contributed by atoms with Gasteiger partial charge in [-0.15, -0.1) is 0 Å². The summed E-state index contributed by atoms with van der Waals surface area (Å²) in [4.78, 5) is 0. The second kappa shape index (κ2) is 9.35. The van der Waals surface area contributed by atoms with Crippen molar-refractivity contribution in [1.29, 1.82) is 0 Å². The molecule has 6 nitrogen and oxygen atoms in total. The van der Waals surface area contributed by atoms with Crippen molar-refractivity contribution in [2.75, 3.05) is 0 Å². The van der Waals surface area contributed by atoms with Crippen LogP contribution in [0.2, 0.25) is 0 Å².